The Balaban J connectivity index is 2.37. The number of hydroxylamine groups is 1. The second-order valence-electron chi connectivity index (χ2n) is 1.02. The van der Waals surface area contributed by atoms with Gasteiger partial charge >= 0.3 is 0 Å². The molecular weight excluding hydrogens is 80.0 g/mol. The van der Waals surface area contributed by atoms with Crippen molar-refractivity contribution >= 4 is 0 Å². The zero-order valence-electron chi connectivity index (χ0n) is 3.32. The lowest BCUT2D eigenvalue weighted by molar-refractivity contribution is 0.156. The first kappa shape index (κ1) is 3.49. The third kappa shape index (κ3) is 0.440. The lowest BCUT2D eigenvalue weighted by atomic mass is 10.9. The molecule has 0 radical (unpaired) electrons. The molecule has 0 saturated carbocycles. The second-order valence-corrected chi connectivity index (χ2v) is 1.02. The van der Waals surface area contributed by atoms with Crippen LogP contribution in [0, 0.1) is 0 Å². The molecule has 1 saturated heterocycles. The summed E-state index contributed by atoms with van der Waals surface area (Å²) >= 11 is 0. The summed E-state index contributed by atoms with van der Waals surface area (Å²) in [6, 6.07) is 0. The molecule has 0 bridgehead atoms. The molecule has 0 unspecified atom stereocenters. The topological polar surface area (TPSA) is 33.3 Å². The molecular formula is C3H6N2O. The average Bonchev–Trinajstić information content (AvgIpc) is 1.86. The summed E-state index contributed by atoms with van der Waals surface area (Å²) in [4.78, 5) is 4.60. The fourth-order valence-electron chi connectivity index (χ4n) is 0.294. The smallest absolute Gasteiger partial charge is 0.205 e. The molecule has 1 aliphatic rings. The number of rotatable bonds is 0. The molecule has 1 heterocycles. The Hall–Kier alpha value is -0.700. The molecule has 34 valence electrons. The van der Waals surface area contributed by atoms with E-state index in [0.717, 1.165) is 0 Å². The van der Waals surface area contributed by atoms with Gasteiger partial charge in [0.1, 0.15) is 6.67 Å². The van der Waals surface area contributed by atoms with Crippen LogP contribution in [0.5, 0.6) is 0 Å². The van der Waals surface area contributed by atoms with Gasteiger partial charge in [-0.15, -0.1) is 5.48 Å². The predicted octanol–water partition coefficient (Wildman–Crippen LogP) is -0.461. The van der Waals surface area contributed by atoms with Crippen LogP contribution in [0.2, 0.25) is 0 Å². The molecule has 0 aromatic carbocycles. The Labute approximate surface area is 35.9 Å². The van der Waals surface area contributed by atoms with E-state index in [1.54, 1.807) is 0 Å². The van der Waals surface area contributed by atoms with Crippen LogP contribution in [0.15, 0.2) is 12.5 Å². The maximum Gasteiger partial charge on any atom is 0.205 e. The summed E-state index contributed by atoms with van der Waals surface area (Å²) in [6.07, 6.45) is 0. The van der Waals surface area contributed by atoms with Gasteiger partial charge in [0.15, 0.2) is 0 Å². The lowest BCUT2D eigenvalue weighted by Crippen LogP contribution is -2.10. The molecule has 1 rings (SSSR count). The van der Waals surface area contributed by atoms with Gasteiger partial charge in [-0.3, -0.25) is 0 Å². The molecule has 1 aliphatic heterocycles. The van der Waals surface area contributed by atoms with Crippen LogP contribution in [-0.4, -0.2) is 6.67 Å². The van der Waals surface area contributed by atoms with Gasteiger partial charge in [0.05, 0.1) is 0 Å². The summed E-state index contributed by atoms with van der Waals surface area (Å²) in [5.74, 6) is 0.593. The highest BCUT2D eigenvalue weighted by Gasteiger charge is 1.97. The Morgan fingerprint density at radius 1 is 1.83 bits per heavy atom. The van der Waals surface area contributed by atoms with Crippen molar-refractivity contribution in [1.29, 1.82) is 0 Å². The van der Waals surface area contributed by atoms with Crippen molar-refractivity contribution in [3.05, 3.63) is 12.5 Å². The van der Waals surface area contributed by atoms with E-state index in [1.807, 2.05) is 0 Å². The van der Waals surface area contributed by atoms with E-state index in [0.29, 0.717) is 12.6 Å². The fourth-order valence-corrected chi connectivity index (χ4v) is 0.294. The number of hydrogen-bond donors (Lipinski definition) is 2. The fraction of sp³-hybridized carbons (Fsp3) is 0.333. The van der Waals surface area contributed by atoms with Gasteiger partial charge in [0.25, 0.3) is 0 Å². The quantitative estimate of drug-likeness (QED) is 0.418. The highest BCUT2D eigenvalue weighted by molar-refractivity contribution is 4.79. The molecule has 0 amide bonds. The zero-order chi connectivity index (χ0) is 4.41. The van der Waals surface area contributed by atoms with Crippen LogP contribution in [-0.2, 0) is 4.84 Å². The number of hydrogen-bond acceptors (Lipinski definition) is 3. The summed E-state index contributed by atoms with van der Waals surface area (Å²) < 4.78 is 0. The third-order valence-corrected chi connectivity index (χ3v) is 0.553. The van der Waals surface area contributed by atoms with Crippen LogP contribution in [0.3, 0.4) is 0 Å². The van der Waals surface area contributed by atoms with Crippen molar-refractivity contribution in [2.45, 2.75) is 0 Å². The minimum atomic E-state index is 0.593. The highest BCUT2D eigenvalue weighted by atomic mass is 16.7. The average molecular weight is 86.1 g/mol. The Bertz CT molecular complexity index is 63.2. The minimum absolute atomic E-state index is 0.593. The van der Waals surface area contributed by atoms with E-state index < -0.39 is 0 Å². The van der Waals surface area contributed by atoms with Crippen molar-refractivity contribution < 1.29 is 4.84 Å². The van der Waals surface area contributed by atoms with Crippen LogP contribution < -0.4 is 10.8 Å². The van der Waals surface area contributed by atoms with Gasteiger partial charge < -0.3 is 10.2 Å². The largest absolute Gasteiger partial charge is 0.390 e. The molecule has 0 spiro atoms. The SMILES string of the molecule is C=C1NCNO1. The van der Waals surface area contributed by atoms with Gasteiger partial charge in [0, 0.05) is 0 Å². The first-order valence-electron chi connectivity index (χ1n) is 1.72. The van der Waals surface area contributed by atoms with Crippen molar-refractivity contribution in [2.24, 2.45) is 0 Å². The Morgan fingerprint density at radius 3 is 2.83 bits per heavy atom. The van der Waals surface area contributed by atoms with Crippen LogP contribution in [0.25, 0.3) is 0 Å². The predicted molar refractivity (Wildman–Crippen MR) is 21.4 cm³/mol. The lowest BCUT2D eigenvalue weighted by Gasteiger charge is -1.86. The Morgan fingerprint density at radius 2 is 2.67 bits per heavy atom. The van der Waals surface area contributed by atoms with E-state index in [2.05, 4.69) is 22.2 Å². The van der Waals surface area contributed by atoms with Gasteiger partial charge in [-0.2, -0.15) is 0 Å². The summed E-state index contributed by atoms with van der Waals surface area (Å²) in [7, 11) is 0. The number of nitrogens with one attached hydrogen (secondary N) is 2. The second kappa shape index (κ2) is 1.18. The van der Waals surface area contributed by atoms with Crippen molar-refractivity contribution in [1.82, 2.24) is 10.8 Å². The Kier molecular flexibility index (Phi) is 0.686. The highest BCUT2D eigenvalue weighted by Crippen LogP contribution is 1.85. The van der Waals surface area contributed by atoms with Crippen molar-refractivity contribution in [3.8, 4) is 0 Å². The van der Waals surface area contributed by atoms with E-state index in [4.69, 9.17) is 0 Å². The molecule has 3 heteroatoms. The maximum absolute atomic E-state index is 4.60. The molecule has 6 heavy (non-hydrogen) atoms. The van der Waals surface area contributed by atoms with Crippen molar-refractivity contribution in [3.63, 3.8) is 0 Å². The molecule has 0 aromatic heterocycles. The summed E-state index contributed by atoms with van der Waals surface area (Å²) in [5.41, 5.74) is 2.56. The van der Waals surface area contributed by atoms with Crippen LogP contribution in [0.4, 0.5) is 0 Å². The zero-order valence-corrected chi connectivity index (χ0v) is 3.32. The van der Waals surface area contributed by atoms with E-state index in [-0.39, 0.29) is 0 Å². The molecule has 0 aromatic rings. The molecule has 0 aliphatic carbocycles. The molecule has 2 N–H and O–H groups in total. The normalized spacial score (nSPS) is 19.7. The third-order valence-electron chi connectivity index (χ3n) is 0.553. The molecule has 3 nitrogen and oxygen atoms in total. The summed E-state index contributed by atoms with van der Waals surface area (Å²) in [5, 5.41) is 2.79. The van der Waals surface area contributed by atoms with Crippen molar-refractivity contribution in [2.75, 3.05) is 6.67 Å². The molecule has 0 atom stereocenters. The minimum Gasteiger partial charge on any atom is -0.390 e. The van der Waals surface area contributed by atoms with E-state index in [9.17, 15) is 0 Å². The van der Waals surface area contributed by atoms with Crippen LogP contribution >= 0.6 is 0 Å². The monoisotopic (exact) mass is 86.0 g/mol. The van der Waals surface area contributed by atoms with Gasteiger partial charge in [-0.25, -0.2) is 0 Å². The van der Waals surface area contributed by atoms with Crippen LogP contribution in [0.1, 0.15) is 0 Å². The van der Waals surface area contributed by atoms with E-state index in [1.165, 1.54) is 0 Å². The van der Waals surface area contributed by atoms with Gasteiger partial charge in [-0.1, -0.05) is 0 Å². The van der Waals surface area contributed by atoms with E-state index >= 15 is 0 Å². The maximum atomic E-state index is 4.60. The van der Waals surface area contributed by atoms with Gasteiger partial charge in [-0.05, 0) is 6.58 Å². The first-order chi connectivity index (χ1) is 2.89. The standard InChI is InChI=1S/C3H6N2O/c1-3-4-2-5-6-3/h4-5H,1-2H2. The summed E-state index contributed by atoms with van der Waals surface area (Å²) in [6.45, 7) is 4.12. The van der Waals surface area contributed by atoms with Gasteiger partial charge in [0.2, 0.25) is 5.88 Å². The first-order valence-corrected chi connectivity index (χ1v) is 1.72. The molecule has 1 fully saturated rings.